The fourth-order valence-electron chi connectivity index (χ4n) is 2.94. The number of quaternary nitrogens is 1. The highest BCUT2D eigenvalue weighted by Crippen LogP contribution is 2.25. The predicted molar refractivity (Wildman–Crippen MR) is 105 cm³/mol. The molecule has 0 bridgehead atoms. The van der Waals surface area contributed by atoms with Gasteiger partial charge in [0, 0.05) is 6.54 Å². The number of benzene rings is 2. The molecule has 1 heterocycles. The zero-order chi connectivity index (χ0) is 17.6. The number of piperazine rings is 1. The van der Waals surface area contributed by atoms with Gasteiger partial charge in [0.05, 0.1) is 44.6 Å². The number of thiocarbonyl (C=S) groups is 1. The molecule has 0 aromatic heterocycles. The minimum absolute atomic E-state index is 0.229. The van der Waals surface area contributed by atoms with Gasteiger partial charge in [-0.25, -0.2) is 4.39 Å². The highest BCUT2D eigenvalue weighted by atomic mass is 32.1. The topological polar surface area (TPSA) is 31.7 Å². The number of para-hydroxylation sites is 2. The first-order chi connectivity index (χ1) is 12.1. The molecule has 3 rings (SSSR count). The number of anilines is 2. The van der Waals surface area contributed by atoms with Crippen molar-refractivity contribution in [2.24, 2.45) is 0 Å². The largest absolute Gasteiger partial charge is 0.359 e. The van der Waals surface area contributed by atoms with Crippen molar-refractivity contribution in [3.05, 3.63) is 59.9 Å². The molecule has 3 N–H and O–H groups in total. The molecule has 0 aliphatic carbocycles. The summed E-state index contributed by atoms with van der Waals surface area (Å²) in [5, 5.41) is 7.04. The van der Waals surface area contributed by atoms with Crippen LogP contribution >= 0.6 is 12.2 Å². The van der Waals surface area contributed by atoms with Crippen LogP contribution in [0, 0.1) is 5.82 Å². The van der Waals surface area contributed by atoms with Crippen molar-refractivity contribution >= 4 is 28.7 Å². The Morgan fingerprint density at radius 1 is 1.12 bits per heavy atom. The molecule has 0 spiro atoms. The smallest absolute Gasteiger partial charge is 0.171 e. The second kappa shape index (κ2) is 8.27. The third kappa shape index (κ3) is 4.90. The molecule has 1 aliphatic heterocycles. The van der Waals surface area contributed by atoms with Crippen LogP contribution < -0.4 is 20.4 Å². The minimum atomic E-state index is -0.229. The SMILES string of the molecule is C[NH+]1CCN(c2ccccc2NC(=S)NCc2ccc(F)cc2)CC1. The molecule has 132 valence electrons. The van der Waals surface area contributed by atoms with E-state index in [9.17, 15) is 4.39 Å². The Labute approximate surface area is 153 Å². The van der Waals surface area contributed by atoms with Crippen LogP contribution in [0.3, 0.4) is 0 Å². The monoisotopic (exact) mass is 359 g/mol. The molecule has 4 nitrogen and oxygen atoms in total. The molecule has 1 saturated heterocycles. The van der Waals surface area contributed by atoms with Gasteiger partial charge in [-0.05, 0) is 42.0 Å². The minimum Gasteiger partial charge on any atom is -0.359 e. The number of rotatable bonds is 4. The fourth-order valence-corrected chi connectivity index (χ4v) is 3.12. The van der Waals surface area contributed by atoms with Gasteiger partial charge in [-0.15, -0.1) is 0 Å². The summed E-state index contributed by atoms with van der Waals surface area (Å²) in [7, 11) is 2.23. The fraction of sp³-hybridized carbons (Fsp3) is 0.316. The zero-order valence-corrected chi connectivity index (χ0v) is 15.2. The molecule has 25 heavy (non-hydrogen) atoms. The van der Waals surface area contributed by atoms with Crippen LogP contribution in [-0.4, -0.2) is 38.3 Å². The van der Waals surface area contributed by atoms with E-state index in [0.717, 1.165) is 37.4 Å². The second-order valence-corrected chi connectivity index (χ2v) is 6.80. The Morgan fingerprint density at radius 2 is 1.80 bits per heavy atom. The van der Waals surface area contributed by atoms with Crippen LogP contribution in [0.1, 0.15) is 5.56 Å². The lowest BCUT2D eigenvalue weighted by molar-refractivity contribution is -0.880. The molecule has 6 heteroatoms. The van der Waals surface area contributed by atoms with E-state index in [1.54, 1.807) is 17.0 Å². The third-order valence-corrected chi connectivity index (χ3v) is 4.72. The molecule has 0 saturated carbocycles. The summed E-state index contributed by atoms with van der Waals surface area (Å²) in [5.74, 6) is -0.229. The van der Waals surface area contributed by atoms with E-state index < -0.39 is 0 Å². The molecule has 0 unspecified atom stereocenters. The molecule has 2 aromatic carbocycles. The van der Waals surface area contributed by atoms with Gasteiger partial charge in [-0.1, -0.05) is 24.3 Å². The van der Waals surface area contributed by atoms with Crippen LogP contribution in [0.15, 0.2) is 48.5 Å². The van der Waals surface area contributed by atoms with E-state index in [1.165, 1.54) is 17.8 Å². The number of nitrogens with zero attached hydrogens (tertiary/aromatic N) is 1. The highest BCUT2D eigenvalue weighted by Gasteiger charge is 2.19. The Hall–Kier alpha value is -2.18. The highest BCUT2D eigenvalue weighted by molar-refractivity contribution is 7.80. The van der Waals surface area contributed by atoms with Crippen molar-refractivity contribution in [2.45, 2.75) is 6.54 Å². The summed E-state index contributed by atoms with van der Waals surface area (Å²) in [6.07, 6.45) is 0. The van der Waals surface area contributed by atoms with E-state index in [-0.39, 0.29) is 5.82 Å². The van der Waals surface area contributed by atoms with Gasteiger partial charge in [0.1, 0.15) is 5.82 Å². The van der Waals surface area contributed by atoms with Crippen molar-refractivity contribution in [3.63, 3.8) is 0 Å². The average molecular weight is 359 g/mol. The maximum atomic E-state index is 13.0. The predicted octanol–water partition coefficient (Wildman–Crippen LogP) is 1.65. The first-order valence-electron chi connectivity index (χ1n) is 8.56. The quantitative estimate of drug-likeness (QED) is 0.725. The Balaban J connectivity index is 1.60. The van der Waals surface area contributed by atoms with Gasteiger partial charge in [-0.2, -0.15) is 0 Å². The summed E-state index contributed by atoms with van der Waals surface area (Å²) < 4.78 is 13.0. The van der Waals surface area contributed by atoms with Crippen molar-refractivity contribution in [1.29, 1.82) is 0 Å². The van der Waals surface area contributed by atoms with Gasteiger partial charge in [0.2, 0.25) is 0 Å². The maximum Gasteiger partial charge on any atom is 0.171 e. The summed E-state index contributed by atoms with van der Waals surface area (Å²) in [6, 6.07) is 14.7. The first kappa shape index (κ1) is 17.6. The average Bonchev–Trinajstić information content (AvgIpc) is 2.63. The van der Waals surface area contributed by atoms with Crippen molar-refractivity contribution in [3.8, 4) is 0 Å². The zero-order valence-electron chi connectivity index (χ0n) is 14.4. The van der Waals surface area contributed by atoms with Gasteiger partial charge in [0.15, 0.2) is 5.11 Å². The van der Waals surface area contributed by atoms with Crippen LogP contribution in [0.25, 0.3) is 0 Å². The normalized spacial score (nSPS) is 15.0. The molecular weight excluding hydrogens is 335 g/mol. The van der Waals surface area contributed by atoms with Crippen molar-refractivity contribution in [2.75, 3.05) is 43.4 Å². The Bertz CT molecular complexity index is 712. The number of nitrogens with one attached hydrogen (secondary N) is 3. The third-order valence-electron chi connectivity index (χ3n) is 4.48. The lowest BCUT2D eigenvalue weighted by atomic mass is 10.2. The first-order valence-corrected chi connectivity index (χ1v) is 8.97. The van der Waals surface area contributed by atoms with E-state index in [0.29, 0.717) is 11.7 Å². The number of likely N-dealkylation sites (N-methyl/N-ethyl adjacent to an activating group) is 1. The van der Waals surface area contributed by atoms with Crippen LogP contribution in [0.4, 0.5) is 15.8 Å². The Morgan fingerprint density at radius 3 is 2.52 bits per heavy atom. The van der Waals surface area contributed by atoms with E-state index >= 15 is 0 Å². The number of hydrogen-bond acceptors (Lipinski definition) is 2. The van der Waals surface area contributed by atoms with Crippen LogP contribution in [-0.2, 0) is 6.54 Å². The van der Waals surface area contributed by atoms with Crippen molar-refractivity contribution < 1.29 is 9.29 Å². The molecule has 2 aromatic rings. The lowest BCUT2D eigenvalue weighted by Crippen LogP contribution is -3.12. The molecular formula is C19H24FN4S+. The number of hydrogen-bond donors (Lipinski definition) is 3. The molecule has 1 aliphatic rings. The second-order valence-electron chi connectivity index (χ2n) is 6.40. The molecule has 0 amide bonds. The number of halogens is 1. The van der Waals surface area contributed by atoms with Crippen molar-refractivity contribution in [1.82, 2.24) is 5.32 Å². The van der Waals surface area contributed by atoms with Gasteiger partial charge >= 0.3 is 0 Å². The van der Waals surface area contributed by atoms with E-state index in [1.807, 2.05) is 12.1 Å². The van der Waals surface area contributed by atoms with Gasteiger partial charge < -0.3 is 20.4 Å². The summed E-state index contributed by atoms with van der Waals surface area (Å²) >= 11 is 5.42. The summed E-state index contributed by atoms with van der Waals surface area (Å²) in [4.78, 5) is 3.97. The molecule has 0 radical (unpaired) electrons. The van der Waals surface area contributed by atoms with Gasteiger partial charge in [0.25, 0.3) is 0 Å². The standard InChI is InChI=1S/C19H23FN4S/c1-23-10-12-24(13-11-23)18-5-3-2-4-17(18)22-19(25)21-14-15-6-8-16(20)9-7-15/h2-9H,10-14H2,1H3,(H2,21,22,25)/p+1. The summed E-state index contributed by atoms with van der Waals surface area (Å²) in [5.41, 5.74) is 3.18. The Kier molecular flexibility index (Phi) is 5.83. The molecule has 0 atom stereocenters. The summed E-state index contributed by atoms with van der Waals surface area (Å²) in [6.45, 7) is 4.93. The van der Waals surface area contributed by atoms with E-state index in [4.69, 9.17) is 12.2 Å². The molecule has 1 fully saturated rings. The lowest BCUT2D eigenvalue weighted by Gasteiger charge is -2.33. The maximum absolute atomic E-state index is 13.0. The van der Waals surface area contributed by atoms with Crippen LogP contribution in [0.5, 0.6) is 0 Å². The van der Waals surface area contributed by atoms with E-state index in [2.05, 4.69) is 34.7 Å². The van der Waals surface area contributed by atoms with Gasteiger partial charge in [-0.3, -0.25) is 0 Å². The van der Waals surface area contributed by atoms with Crippen LogP contribution in [0.2, 0.25) is 0 Å².